The third-order valence-electron chi connectivity index (χ3n) is 1.65. The maximum Gasteiger partial charge on any atom is 0.0584 e. The summed E-state index contributed by atoms with van der Waals surface area (Å²) < 4.78 is 4.57. The van der Waals surface area contributed by atoms with E-state index in [0.717, 1.165) is 6.42 Å². The van der Waals surface area contributed by atoms with Gasteiger partial charge in [0.05, 0.1) is 6.61 Å². The Hall–Kier alpha value is -0.120. The van der Waals surface area contributed by atoms with E-state index < -0.39 is 0 Å². The quantitative estimate of drug-likeness (QED) is 0.671. The minimum atomic E-state index is 0.403. The second-order valence-corrected chi connectivity index (χ2v) is 3.10. The van der Waals surface area contributed by atoms with Crippen molar-refractivity contribution in [1.82, 2.24) is 0 Å². The summed E-state index contributed by atoms with van der Waals surface area (Å²) in [5.41, 5.74) is 10.6. The number of methoxy groups -OCH3 is 1. The van der Waals surface area contributed by atoms with Gasteiger partial charge in [-0.2, -0.15) is 0 Å². The number of nitrogens with two attached hydrogens (primary N) is 2. The molecule has 1 atom stereocenters. The van der Waals surface area contributed by atoms with Crippen molar-refractivity contribution in [3.05, 3.63) is 0 Å². The smallest absolute Gasteiger partial charge is 0.0584 e. The van der Waals surface area contributed by atoms with Crippen LogP contribution >= 0.6 is 0 Å². The van der Waals surface area contributed by atoms with Crippen molar-refractivity contribution in [2.45, 2.75) is 33.2 Å². The van der Waals surface area contributed by atoms with Gasteiger partial charge in [0.25, 0.3) is 0 Å². The zero-order chi connectivity index (χ0) is 9.98. The molecule has 0 saturated carbocycles. The van der Waals surface area contributed by atoms with Crippen LogP contribution in [0.2, 0.25) is 0 Å². The molecule has 0 aliphatic carbocycles. The highest BCUT2D eigenvalue weighted by Gasteiger charge is 2.01. The molecule has 76 valence electrons. The van der Waals surface area contributed by atoms with Crippen LogP contribution in [0.25, 0.3) is 0 Å². The van der Waals surface area contributed by atoms with Crippen LogP contribution in [0.3, 0.4) is 0 Å². The molecule has 0 radical (unpaired) electrons. The molecule has 0 saturated heterocycles. The highest BCUT2D eigenvalue weighted by molar-refractivity contribution is 4.60. The van der Waals surface area contributed by atoms with Gasteiger partial charge in [-0.1, -0.05) is 20.8 Å². The molecule has 0 bridgehead atoms. The van der Waals surface area contributed by atoms with Crippen molar-refractivity contribution in [2.24, 2.45) is 17.4 Å². The average Bonchev–Trinajstić information content (AvgIpc) is 2.05. The van der Waals surface area contributed by atoms with Crippen LogP contribution in [0, 0.1) is 5.92 Å². The minimum absolute atomic E-state index is 0.403. The Bertz CT molecular complexity index is 74.9. The van der Waals surface area contributed by atoms with Gasteiger partial charge in [0, 0.05) is 19.7 Å². The maximum absolute atomic E-state index is 5.62. The lowest BCUT2D eigenvalue weighted by molar-refractivity contribution is 0.207. The van der Waals surface area contributed by atoms with Crippen LogP contribution < -0.4 is 11.5 Å². The molecule has 0 aliphatic heterocycles. The molecule has 3 heteroatoms. The fourth-order valence-corrected chi connectivity index (χ4v) is 0.589. The molecule has 0 aromatic heterocycles. The summed E-state index contributed by atoms with van der Waals surface area (Å²) in [6.07, 6.45) is 1.09. The van der Waals surface area contributed by atoms with Gasteiger partial charge in [-0.3, -0.25) is 0 Å². The van der Waals surface area contributed by atoms with Gasteiger partial charge in [0.15, 0.2) is 0 Å². The van der Waals surface area contributed by atoms with Crippen LogP contribution in [0.5, 0.6) is 0 Å². The van der Waals surface area contributed by atoms with E-state index in [1.165, 1.54) is 0 Å². The Morgan fingerprint density at radius 1 is 1.33 bits per heavy atom. The number of hydrogen-bond donors (Lipinski definition) is 2. The Morgan fingerprint density at radius 2 is 1.83 bits per heavy atom. The van der Waals surface area contributed by atoms with Gasteiger partial charge in [-0.05, 0) is 12.3 Å². The molecule has 0 aliphatic rings. The summed E-state index contributed by atoms with van der Waals surface area (Å²) in [5.74, 6) is 0.644. The molecule has 4 N–H and O–H groups in total. The van der Waals surface area contributed by atoms with Gasteiger partial charge in [0.2, 0.25) is 0 Å². The van der Waals surface area contributed by atoms with Crippen LogP contribution in [0.1, 0.15) is 27.2 Å². The topological polar surface area (TPSA) is 61.3 Å². The fourth-order valence-electron chi connectivity index (χ4n) is 0.589. The molecule has 0 amide bonds. The highest BCUT2D eigenvalue weighted by atomic mass is 16.5. The summed E-state index contributed by atoms with van der Waals surface area (Å²) in [7, 11) is 1.63. The molecule has 1 unspecified atom stereocenters. The standard InChI is InChI=1S/C6H15N.C3H9NO/c1-4-6(7)5(2)3;1-5-3-2-4/h5-6H,4,7H2,1-3H3;2-4H2,1H3. The lowest BCUT2D eigenvalue weighted by Gasteiger charge is -2.10. The molecule has 0 rings (SSSR count). The highest BCUT2D eigenvalue weighted by Crippen LogP contribution is 2.00. The summed E-state index contributed by atoms with van der Waals surface area (Å²) in [4.78, 5) is 0. The van der Waals surface area contributed by atoms with Crippen molar-refractivity contribution >= 4 is 0 Å². The molecular formula is C9H24N2O. The van der Waals surface area contributed by atoms with E-state index in [0.29, 0.717) is 25.1 Å². The normalized spacial score (nSPS) is 12.2. The van der Waals surface area contributed by atoms with Crippen LogP contribution in [-0.2, 0) is 4.74 Å². The molecule has 0 aromatic carbocycles. The largest absolute Gasteiger partial charge is 0.383 e. The first-order chi connectivity index (χ1) is 5.59. The summed E-state index contributed by atoms with van der Waals surface area (Å²) >= 11 is 0. The molecule has 0 spiro atoms. The van der Waals surface area contributed by atoms with Gasteiger partial charge >= 0.3 is 0 Å². The predicted molar refractivity (Wildman–Crippen MR) is 54.0 cm³/mol. The van der Waals surface area contributed by atoms with E-state index in [4.69, 9.17) is 11.5 Å². The van der Waals surface area contributed by atoms with Crippen molar-refractivity contribution in [2.75, 3.05) is 20.3 Å². The van der Waals surface area contributed by atoms with E-state index in [1.54, 1.807) is 7.11 Å². The van der Waals surface area contributed by atoms with Crippen molar-refractivity contribution in [1.29, 1.82) is 0 Å². The Balaban J connectivity index is 0. The molecule has 0 fully saturated rings. The Labute approximate surface area is 76.5 Å². The number of ether oxygens (including phenoxy) is 1. The van der Waals surface area contributed by atoms with E-state index in [-0.39, 0.29) is 0 Å². The SMILES string of the molecule is CCC(N)C(C)C.COCCN. The van der Waals surface area contributed by atoms with E-state index in [2.05, 4.69) is 25.5 Å². The van der Waals surface area contributed by atoms with Crippen LogP contribution in [0.4, 0.5) is 0 Å². The third kappa shape index (κ3) is 12.5. The average molecular weight is 176 g/mol. The fraction of sp³-hybridized carbons (Fsp3) is 1.00. The lowest BCUT2D eigenvalue weighted by Crippen LogP contribution is -2.24. The van der Waals surface area contributed by atoms with Crippen molar-refractivity contribution < 1.29 is 4.74 Å². The first-order valence-electron chi connectivity index (χ1n) is 4.54. The third-order valence-corrected chi connectivity index (χ3v) is 1.65. The van der Waals surface area contributed by atoms with Gasteiger partial charge in [0.1, 0.15) is 0 Å². The zero-order valence-corrected chi connectivity index (χ0v) is 8.84. The van der Waals surface area contributed by atoms with Gasteiger partial charge in [-0.25, -0.2) is 0 Å². The van der Waals surface area contributed by atoms with Crippen LogP contribution in [0.15, 0.2) is 0 Å². The van der Waals surface area contributed by atoms with Crippen molar-refractivity contribution in [3.8, 4) is 0 Å². The monoisotopic (exact) mass is 176 g/mol. The molecule has 0 heterocycles. The first-order valence-corrected chi connectivity index (χ1v) is 4.54. The second-order valence-electron chi connectivity index (χ2n) is 3.10. The zero-order valence-electron chi connectivity index (χ0n) is 8.84. The van der Waals surface area contributed by atoms with E-state index in [9.17, 15) is 0 Å². The molecule has 0 aromatic rings. The lowest BCUT2D eigenvalue weighted by atomic mass is 10.0. The minimum Gasteiger partial charge on any atom is -0.383 e. The van der Waals surface area contributed by atoms with Crippen LogP contribution in [-0.4, -0.2) is 26.3 Å². The summed E-state index contributed by atoms with van der Waals surface area (Å²) in [6, 6.07) is 0.403. The molecular weight excluding hydrogens is 152 g/mol. The first kappa shape index (κ1) is 14.4. The molecule has 12 heavy (non-hydrogen) atoms. The Kier molecular flexibility index (Phi) is 13.1. The van der Waals surface area contributed by atoms with E-state index >= 15 is 0 Å². The predicted octanol–water partition coefficient (Wildman–Crippen LogP) is 0.971. The van der Waals surface area contributed by atoms with Gasteiger partial charge < -0.3 is 16.2 Å². The van der Waals surface area contributed by atoms with E-state index in [1.807, 2.05) is 0 Å². The second kappa shape index (κ2) is 10.9. The summed E-state index contributed by atoms with van der Waals surface area (Å²) in [6.45, 7) is 7.70. The number of rotatable bonds is 4. The Morgan fingerprint density at radius 3 is 1.83 bits per heavy atom. The van der Waals surface area contributed by atoms with Gasteiger partial charge in [-0.15, -0.1) is 0 Å². The maximum atomic E-state index is 5.62. The molecule has 3 nitrogen and oxygen atoms in total. The number of hydrogen-bond acceptors (Lipinski definition) is 3. The van der Waals surface area contributed by atoms with Crippen molar-refractivity contribution in [3.63, 3.8) is 0 Å². The summed E-state index contributed by atoms with van der Waals surface area (Å²) in [5, 5.41) is 0.